The molecule has 1 atom stereocenters. The highest BCUT2D eigenvalue weighted by molar-refractivity contribution is 7.99. The minimum absolute atomic E-state index is 0.763. The summed E-state index contributed by atoms with van der Waals surface area (Å²) in [6, 6.07) is 5.85. The molecule has 94 valence electrons. The van der Waals surface area contributed by atoms with Crippen molar-refractivity contribution in [2.75, 3.05) is 31.7 Å². The Morgan fingerprint density at radius 3 is 3.12 bits per heavy atom. The van der Waals surface area contributed by atoms with Crippen molar-refractivity contribution in [3.63, 3.8) is 0 Å². The summed E-state index contributed by atoms with van der Waals surface area (Å²) in [6.45, 7) is 2.30. The molecule has 0 saturated carbocycles. The van der Waals surface area contributed by atoms with E-state index >= 15 is 0 Å². The largest absolute Gasteiger partial charge is 0.497 e. The minimum atomic E-state index is 0.763. The maximum absolute atomic E-state index is 5.97. The van der Waals surface area contributed by atoms with Crippen molar-refractivity contribution < 1.29 is 4.74 Å². The van der Waals surface area contributed by atoms with Gasteiger partial charge in [-0.25, -0.2) is 0 Å². The van der Waals surface area contributed by atoms with E-state index in [2.05, 4.69) is 5.32 Å². The Morgan fingerprint density at radius 1 is 1.53 bits per heavy atom. The van der Waals surface area contributed by atoms with Crippen molar-refractivity contribution >= 4 is 17.4 Å². The summed E-state index contributed by atoms with van der Waals surface area (Å²) in [5, 5.41) is 3.44. The molecule has 0 spiro atoms. The minimum Gasteiger partial charge on any atom is -0.497 e. The molecule has 3 N–H and O–H groups in total. The van der Waals surface area contributed by atoms with Gasteiger partial charge in [0.2, 0.25) is 0 Å². The number of ether oxygens (including phenoxy) is 1. The van der Waals surface area contributed by atoms with Crippen LogP contribution < -0.4 is 15.8 Å². The highest BCUT2D eigenvalue weighted by Crippen LogP contribution is 2.31. The van der Waals surface area contributed by atoms with E-state index in [4.69, 9.17) is 10.5 Å². The number of thioether (sulfide) groups is 1. The topological polar surface area (TPSA) is 47.3 Å². The van der Waals surface area contributed by atoms with E-state index in [1.807, 2.05) is 30.0 Å². The van der Waals surface area contributed by atoms with Crippen LogP contribution in [-0.4, -0.2) is 26.0 Å². The predicted molar refractivity (Wildman–Crippen MR) is 73.7 cm³/mol. The molecular formula is C13H20N2OS. The van der Waals surface area contributed by atoms with Crippen molar-refractivity contribution in [2.24, 2.45) is 5.92 Å². The van der Waals surface area contributed by atoms with Crippen molar-refractivity contribution in [3.05, 3.63) is 18.2 Å². The van der Waals surface area contributed by atoms with E-state index in [1.54, 1.807) is 7.11 Å². The zero-order valence-corrected chi connectivity index (χ0v) is 11.1. The molecule has 0 aromatic heterocycles. The lowest BCUT2D eigenvalue weighted by molar-refractivity contribution is 0.410. The molecule has 0 bridgehead atoms. The lowest BCUT2D eigenvalue weighted by Crippen LogP contribution is -2.30. The van der Waals surface area contributed by atoms with Gasteiger partial charge < -0.3 is 15.8 Å². The molecule has 1 saturated heterocycles. The van der Waals surface area contributed by atoms with Gasteiger partial charge in [-0.3, -0.25) is 0 Å². The van der Waals surface area contributed by atoms with Crippen LogP contribution in [0.3, 0.4) is 0 Å². The number of methoxy groups -OCH3 is 1. The first kappa shape index (κ1) is 12.6. The lowest BCUT2D eigenvalue weighted by atomic mass is 10.0. The Labute approximate surface area is 107 Å². The monoisotopic (exact) mass is 252 g/mol. The standard InChI is InChI=1S/C13H20N2OS/c1-16-11-4-5-12(14)13(7-11)17-9-10-3-2-6-15-8-10/h4-5,7,10,15H,2-3,6,8-9,14H2,1H3. The molecule has 1 heterocycles. The molecule has 1 aromatic rings. The number of nitrogens with one attached hydrogen (secondary N) is 1. The number of nitrogen functional groups attached to an aromatic ring is 1. The van der Waals surface area contributed by atoms with Gasteiger partial charge in [-0.2, -0.15) is 0 Å². The van der Waals surface area contributed by atoms with E-state index < -0.39 is 0 Å². The number of hydrogen-bond donors (Lipinski definition) is 2. The number of benzene rings is 1. The van der Waals surface area contributed by atoms with E-state index in [0.29, 0.717) is 0 Å². The van der Waals surface area contributed by atoms with Crippen LogP contribution in [-0.2, 0) is 0 Å². The Balaban J connectivity index is 1.92. The van der Waals surface area contributed by atoms with E-state index in [9.17, 15) is 0 Å². The van der Waals surface area contributed by atoms with Gasteiger partial charge >= 0.3 is 0 Å². The fraction of sp³-hybridized carbons (Fsp3) is 0.538. The summed E-state index contributed by atoms with van der Waals surface area (Å²) < 4.78 is 5.22. The zero-order valence-electron chi connectivity index (χ0n) is 10.2. The SMILES string of the molecule is COc1ccc(N)c(SCC2CCCNC2)c1. The number of hydrogen-bond acceptors (Lipinski definition) is 4. The normalized spacial score (nSPS) is 20.2. The zero-order chi connectivity index (χ0) is 12.1. The summed E-state index contributed by atoms with van der Waals surface area (Å²) in [5.74, 6) is 2.77. The Hall–Kier alpha value is -0.870. The third kappa shape index (κ3) is 3.54. The Morgan fingerprint density at radius 2 is 2.41 bits per heavy atom. The first-order valence-electron chi connectivity index (χ1n) is 6.06. The lowest BCUT2D eigenvalue weighted by Gasteiger charge is -2.22. The third-order valence-corrected chi connectivity index (χ3v) is 4.40. The van der Waals surface area contributed by atoms with Crippen LogP contribution >= 0.6 is 11.8 Å². The van der Waals surface area contributed by atoms with Gasteiger partial charge in [-0.05, 0) is 50.0 Å². The molecule has 0 radical (unpaired) electrons. The van der Waals surface area contributed by atoms with Crippen molar-refractivity contribution in [1.82, 2.24) is 5.32 Å². The second kappa shape index (κ2) is 6.17. The third-order valence-electron chi connectivity index (χ3n) is 3.09. The first-order chi connectivity index (χ1) is 8.29. The molecule has 1 aliphatic heterocycles. The van der Waals surface area contributed by atoms with Crippen LogP contribution in [0.1, 0.15) is 12.8 Å². The van der Waals surface area contributed by atoms with Crippen LogP contribution in [0.15, 0.2) is 23.1 Å². The van der Waals surface area contributed by atoms with Gasteiger partial charge in [0, 0.05) is 16.3 Å². The van der Waals surface area contributed by atoms with Gasteiger partial charge in [-0.15, -0.1) is 11.8 Å². The van der Waals surface area contributed by atoms with Gasteiger partial charge in [0.1, 0.15) is 5.75 Å². The molecule has 0 amide bonds. The van der Waals surface area contributed by atoms with Crippen molar-refractivity contribution in [3.8, 4) is 5.75 Å². The molecule has 0 aliphatic carbocycles. The Kier molecular flexibility index (Phi) is 4.57. The van der Waals surface area contributed by atoms with Crippen LogP contribution in [0.5, 0.6) is 5.75 Å². The highest BCUT2D eigenvalue weighted by atomic mass is 32.2. The summed E-state index contributed by atoms with van der Waals surface area (Å²) in [6.07, 6.45) is 2.61. The van der Waals surface area contributed by atoms with E-state index in [1.165, 1.54) is 19.4 Å². The highest BCUT2D eigenvalue weighted by Gasteiger charge is 2.13. The fourth-order valence-corrected chi connectivity index (χ4v) is 3.17. The van der Waals surface area contributed by atoms with Crippen LogP contribution in [0.4, 0.5) is 5.69 Å². The summed E-state index contributed by atoms with van der Waals surface area (Å²) in [5.41, 5.74) is 6.81. The maximum Gasteiger partial charge on any atom is 0.120 e. The molecular weight excluding hydrogens is 232 g/mol. The van der Waals surface area contributed by atoms with Gasteiger partial charge in [0.15, 0.2) is 0 Å². The number of nitrogens with two attached hydrogens (primary N) is 1. The molecule has 1 fully saturated rings. The predicted octanol–water partition coefficient (Wildman–Crippen LogP) is 2.37. The molecule has 17 heavy (non-hydrogen) atoms. The van der Waals surface area contributed by atoms with Gasteiger partial charge in [0.25, 0.3) is 0 Å². The quantitative estimate of drug-likeness (QED) is 0.638. The maximum atomic E-state index is 5.97. The Bertz CT molecular complexity index is 364. The first-order valence-corrected chi connectivity index (χ1v) is 7.05. The van der Waals surface area contributed by atoms with Gasteiger partial charge in [0.05, 0.1) is 7.11 Å². The van der Waals surface area contributed by atoms with Gasteiger partial charge in [-0.1, -0.05) is 0 Å². The summed E-state index contributed by atoms with van der Waals surface area (Å²) in [4.78, 5) is 1.13. The van der Waals surface area contributed by atoms with E-state index in [-0.39, 0.29) is 0 Å². The molecule has 3 nitrogen and oxygen atoms in total. The summed E-state index contributed by atoms with van der Waals surface area (Å²) in [7, 11) is 1.69. The summed E-state index contributed by atoms with van der Waals surface area (Å²) >= 11 is 1.84. The second-order valence-electron chi connectivity index (χ2n) is 4.43. The van der Waals surface area contributed by atoms with E-state index in [0.717, 1.165) is 34.5 Å². The van der Waals surface area contributed by atoms with Crippen LogP contribution in [0.2, 0.25) is 0 Å². The molecule has 1 aliphatic rings. The number of rotatable bonds is 4. The molecule has 4 heteroatoms. The molecule has 2 rings (SSSR count). The molecule has 1 aromatic carbocycles. The average Bonchev–Trinajstić information content (AvgIpc) is 2.39. The smallest absolute Gasteiger partial charge is 0.120 e. The van der Waals surface area contributed by atoms with Crippen molar-refractivity contribution in [1.29, 1.82) is 0 Å². The number of anilines is 1. The van der Waals surface area contributed by atoms with Crippen molar-refractivity contribution in [2.45, 2.75) is 17.7 Å². The average molecular weight is 252 g/mol. The second-order valence-corrected chi connectivity index (χ2v) is 5.49. The molecule has 1 unspecified atom stereocenters. The fourth-order valence-electron chi connectivity index (χ4n) is 2.04. The number of piperidine rings is 1. The van der Waals surface area contributed by atoms with Crippen LogP contribution in [0, 0.1) is 5.92 Å². The van der Waals surface area contributed by atoms with Crippen LogP contribution in [0.25, 0.3) is 0 Å².